The Balaban J connectivity index is 1.25. The largest absolute Gasteiger partial charge is 0.325 e. The van der Waals surface area contributed by atoms with Gasteiger partial charge in [0.25, 0.3) is 0 Å². The van der Waals surface area contributed by atoms with E-state index < -0.39 is 5.91 Å². The van der Waals surface area contributed by atoms with E-state index in [0.29, 0.717) is 10.7 Å². The highest BCUT2D eigenvalue weighted by atomic mass is 35.5. The van der Waals surface area contributed by atoms with Crippen LogP contribution >= 0.6 is 34.7 Å². The second kappa shape index (κ2) is 7.20. The summed E-state index contributed by atoms with van der Waals surface area (Å²) >= 11 is 8.81. The molecule has 4 aliphatic rings. The molecule has 2 N–H and O–H groups in total. The molecule has 6 rings (SSSR count). The molecule has 2 aliphatic carbocycles. The first-order chi connectivity index (χ1) is 15.7. The van der Waals surface area contributed by atoms with E-state index in [2.05, 4.69) is 24.1 Å². The van der Waals surface area contributed by atoms with E-state index in [0.717, 1.165) is 21.2 Å². The molecule has 7 nitrogen and oxygen atoms in total. The van der Waals surface area contributed by atoms with Gasteiger partial charge in [-0.1, -0.05) is 36.8 Å². The van der Waals surface area contributed by atoms with Gasteiger partial charge in [0.05, 0.1) is 16.9 Å². The molecule has 3 heterocycles. The SMILES string of the molecule is CC1(C)c2sc(=O)[nH]c2S[C@@H]2[C@H]3C[C@@H]([C@@H]4C(=O)N(CC(=O)Nc5ccc(Cl)cc5)C(=O)[C@@H]34)[C@H]21. The number of thiazole rings is 1. The van der Waals surface area contributed by atoms with Crippen LogP contribution in [0.5, 0.6) is 0 Å². The zero-order valence-corrected chi connectivity index (χ0v) is 20.4. The molecule has 0 radical (unpaired) electrons. The quantitative estimate of drug-likeness (QED) is 0.626. The van der Waals surface area contributed by atoms with Crippen LogP contribution in [0.1, 0.15) is 25.1 Å². The number of fused-ring (bicyclic) bond motifs is 9. The fourth-order valence-electron chi connectivity index (χ4n) is 6.75. The lowest BCUT2D eigenvalue weighted by Gasteiger charge is -2.47. The second-order valence-electron chi connectivity index (χ2n) is 9.94. The van der Waals surface area contributed by atoms with Gasteiger partial charge in [-0.3, -0.25) is 24.1 Å². The number of benzene rings is 1. The Kier molecular flexibility index (Phi) is 4.68. The molecule has 0 spiro atoms. The Hall–Kier alpha value is -2.10. The molecule has 10 heteroatoms. The predicted octanol–water partition coefficient (Wildman–Crippen LogP) is 3.35. The number of thioether (sulfide) groups is 1. The summed E-state index contributed by atoms with van der Waals surface area (Å²) < 4.78 is 0. The number of aromatic amines is 1. The van der Waals surface area contributed by atoms with E-state index in [1.54, 1.807) is 36.0 Å². The van der Waals surface area contributed by atoms with E-state index in [4.69, 9.17) is 11.6 Å². The Labute approximate surface area is 203 Å². The molecule has 2 bridgehead atoms. The van der Waals surface area contributed by atoms with E-state index >= 15 is 0 Å². The van der Waals surface area contributed by atoms with Crippen molar-refractivity contribution in [1.82, 2.24) is 9.88 Å². The average Bonchev–Trinajstić information content (AvgIpc) is 3.48. The van der Waals surface area contributed by atoms with Crippen LogP contribution in [0.25, 0.3) is 0 Å². The minimum Gasteiger partial charge on any atom is -0.325 e. The van der Waals surface area contributed by atoms with Crippen molar-refractivity contribution < 1.29 is 14.4 Å². The third-order valence-electron chi connectivity index (χ3n) is 7.91. The number of hydrogen-bond acceptors (Lipinski definition) is 6. The summed E-state index contributed by atoms with van der Waals surface area (Å²) in [6.07, 6.45) is 0.850. The molecule has 172 valence electrons. The third kappa shape index (κ3) is 3.01. The maximum Gasteiger partial charge on any atom is 0.305 e. The molecule has 1 saturated heterocycles. The Morgan fingerprint density at radius 3 is 2.52 bits per heavy atom. The minimum absolute atomic E-state index is 0.0573. The number of carbonyl (C=O) groups is 3. The van der Waals surface area contributed by atoms with E-state index in [-0.39, 0.29) is 63.5 Å². The summed E-state index contributed by atoms with van der Waals surface area (Å²) in [6.45, 7) is 4.03. The Bertz CT molecular complexity index is 1250. The molecule has 33 heavy (non-hydrogen) atoms. The summed E-state index contributed by atoms with van der Waals surface area (Å²) in [5.41, 5.74) is 0.315. The lowest BCUT2D eigenvalue weighted by molar-refractivity contribution is -0.143. The van der Waals surface area contributed by atoms with Gasteiger partial charge in [-0.25, -0.2) is 0 Å². The smallest absolute Gasteiger partial charge is 0.305 e. The topological polar surface area (TPSA) is 99.3 Å². The van der Waals surface area contributed by atoms with Crippen LogP contribution < -0.4 is 10.2 Å². The molecular formula is C23H22ClN3O4S2. The van der Waals surface area contributed by atoms with Gasteiger partial charge in [0.2, 0.25) is 17.7 Å². The van der Waals surface area contributed by atoms with Gasteiger partial charge in [-0.15, -0.1) is 11.8 Å². The van der Waals surface area contributed by atoms with Crippen LogP contribution in [-0.4, -0.2) is 39.4 Å². The maximum atomic E-state index is 13.4. The normalized spacial score (nSPS) is 33.1. The van der Waals surface area contributed by atoms with E-state index in [1.165, 1.54) is 11.3 Å². The number of H-pyrrole nitrogens is 1. The molecule has 3 amide bonds. The van der Waals surface area contributed by atoms with Crippen molar-refractivity contribution in [2.45, 2.75) is 36.0 Å². The number of hydrogen-bond donors (Lipinski definition) is 2. The van der Waals surface area contributed by atoms with Gasteiger partial charge < -0.3 is 10.3 Å². The van der Waals surface area contributed by atoms with E-state index in [1.807, 2.05) is 0 Å². The fourth-order valence-corrected chi connectivity index (χ4v) is 10.0. The number of rotatable bonds is 3. The number of carbonyl (C=O) groups excluding carboxylic acids is 3. The zero-order chi connectivity index (χ0) is 23.2. The number of nitrogens with zero attached hydrogens (tertiary/aromatic N) is 1. The third-order valence-corrected chi connectivity index (χ3v) is 11.0. The van der Waals surface area contributed by atoms with Crippen molar-refractivity contribution in [3.63, 3.8) is 0 Å². The summed E-state index contributed by atoms with van der Waals surface area (Å²) in [7, 11) is 0. The first kappa shape index (κ1) is 21.4. The minimum atomic E-state index is -0.404. The number of nitrogens with one attached hydrogen (secondary N) is 2. The van der Waals surface area contributed by atoms with Gasteiger partial charge in [-0.2, -0.15) is 0 Å². The number of likely N-dealkylation sites (tertiary alicyclic amines) is 1. The highest BCUT2D eigenvalue weighted by Crippen LogP contribution is 2.68. The molecule has 2 aliphatic heterocycles. The summed E-state index contributed by atoms with van der Waals surface area (Å²) in [5, 5.41) is 4.39. The molecule has 2 saturated carbocycles. The van der Waals surface area contributed by atoms with Gasteiger partial charge in [0, 0.05) is 26.3 Å². The first-order valence-corrected chi connectivity index (χ1v) is 13.0. The van der Waals surface area contributed by atoms with Crippen LogP contribution in [0.2, 0.25) is 5.02 Å². The summed E-state index contributed by atoms with van der Waals surface area (Å²) in [5.74, 6) is -1.23. The Morgan fingerprint density at radius 1 is 1.15 bits per heavy atom. The fraction of sp³-hybridized carbons (Fsp3) is 0.478. The van der Waals surface area contributed by atoms with Gasteiger partial charge in [-0.05, 0) is 48.4 Å². The van der Waals surface area contributed by atoms with Gasteiger partial charge >= 0.3 is 4.87 Å². The van der Waals surface area contributed by atoms with Crippen molar-refractivity contribution in [3.05, 3.63) is 43.8 Å². The lowest BCUT2D eigenvalue weighted by Crippen LogP contribution is -2.48. The number of anilines is 1. The molecule has 1 aromatic carbocycles. The Morgan fingerprint density at radius 2 is 1.82 bits per heavy atom. The maximum absolute atomic E-state index is 13.4. The van der Waals surface area contributed by atoms with Crippen molar-refractivity contribution in [3.8, 4) is 0 Å². The van der Waals surface area contributed by atoms with Crippen LogP contribution in [0.4, 0.5) is 5.69 Å². The number of amides is 3. The number of imide groups is 1. The second-order valence-corrected chi connectivity index (χ2v) is 12.5. The molecule has 3 fully saturated rings. The monoisotopic (exact) mass is 503 g/mol. The summed E-state index contributed by atoms with van der Waals surface area (Å²) in [6, 6.07) is 6.68. The number of halogens is 1. The van der Waals surface area contributed by atoms with Crippen molar-refractivity contribution in [2.75, 3.05) is 11.9 Å². The number of aromatic nitrogens is 1. The van der Waals surface area contributed by atoms with Crippen LogP contribution in [0, 0.1) is 29.6 Å². The van der Waals surface area contributed by atoms with Crippen molar-refractivity contribution >= 4 is 58.1 Å². The highest BCUT2D eigenvalue weighted by molar-refractivity contribution is 8.00. The zero-order valence-electron chi connectivity index (χ0n) is 18.0. The molecular weight excluding hydrogens is 482 g/mol. The molecule has 6 atom stereocenters. The van der Waals surface area contributed by atoms with E-state index in [9.17, 15) is 19.2 Å². The van der Waals surface area contributed by atoms with Crippen molar-refractivity contribution in [1.29, 1.82) is 0 Å². The van der Waals surface area contributed by atoms with Crippen molar-refractivity contribution in [2.24, 2.45) is 29.6 Å². The molecule has 1 aromatic heterocycles. The van der Waals surface area contributed by atoms with Crippen LogP contribution in [0.15, 0.2) is 34.1 Å². The first-order valence-electron chi connectivity index (χ1n) is 11.0. The van der Waals surface area contributed by atoms with Crippen LogP contribution in [-0.2, 0) is 19.8 Å². The predicted molar refractivity (Wildman–Crippen MR) is 126 cm³/mol. The average molecular weight is 504 g/mol. The molecule has 0 unspecified atom stereocenters. The lowest BCUT2D eigenvalue weighted by atomic mass is 9.64. The summed E-state index contributed by atoms with van der Waals surface area (Å²) in [4.78, 5) is 56.5. The standard InChI is InChI=1S/C23H22ClN3O4S2/c1-23(2)16-11-7-12(17(16)32-19-18(23)33-22(31)26-19)15-14(11)20(29)27(21(15)30)8-13(28)25-10-5-3-9(24)4-6-10/h3-6,11-12,14-17H,7-8H2,1-2H3,(H,25,28)(H,26,31)/t11-,12-,14-,15-,16+,17+/m0/s1. The highest BCUT2D eigenvalue weighted by Gasteiger charge is 2.70. The van der Waals surface area contributed by atoms with Gasteiger partial charge in [0.1, 0.15) is 6.54 Å². The molecule has 2 aromatic rings. The van der Waals surface area contributed by atoms with Gasteiger partial charge in [0.15, 0.2) is 0 Å². The van der Waals surface area contributed by atoms with Crippen LogP contribution in [0.3, 0.4) is 0 Å².